The molecule has 0 radical (unpaired) electrons. The lowest BCUT2D eigenvalue weighted by Crippen LogP contribution is -2.19. The molecule has 0 amide bonds. The molecule has 18 heavy (non-hydrogen) atoms. The first kappa shape index (κ1) is 14.4. The first-order chi connectivity index (χ1) is 8.43. The molecule has 0 aliphatic rings. The van der Waals surface area contributed by atoms with Gasteiger partial charge in [-0.3, -0.25) is 4.79 Å². The van der Waals surface area contributed by atoms with Crippen LogP contribution in [0.3, 0.4) is 0 Å². The number of methoxy groups -OCH3 is 1. The number of halogens is 3. The van der Waals surface area contributed by atoms with Gasteiger partial charge in [-0.2, -0.15) is 4.39 Å². The van der Waals surface area contributed by atoms with Crippen molar-refractivity contribution in [1.29, 1.82) is 0 Å². The molecule has 0 heterocycles. The van der Waals surface area contributed by atoms with E-state index in [1.165, 1.54) is 6.92 Å². The van der Waals surface area contributed by atoms with E-state index in [4.69, 9.17) is 11.6 Å². The summed E-state index contributed by atoms with van der Waals surface area (Å²) in [5.41, 5.74) is -0.795. The molecule has 0 saturated carbocycles. The summed E-state index contributed by atoms with van der Waals surface area (Å²) in [7, 11) is 1.09. The Kier molecular flexibility index (Phi) is 4.61. The predicted octanol–water partition coefficient (Wildman–Crippen LogP) is 2.37. The van der Waals surface area contributed by atoms with Gasteiger partial charge in [-0.05, 0) is 13.0 Å². The number of ketones is 1. The smallest absolute Gasteiger partial charge is 0.379 e. The largest absolute Gasteiger partial charge is 0.492 e. The minimum atomic E-state index is -1.51. The summed E-state index contributed by atoms with van der Waals surface area (Å²) < 4.78 is 35.9. The van der Waals surface area contributed by atoms with E-state index in [1.54, 1.807) is 0 Å². The minimum absolute atomic E-state index is 0.0570. The van der Waals surface area contributed by atoms with Gasteiger partial charge in [0.05, 0.1) is 24.3 Å². The van der Waals surface area contributed by atoms with Crippen LogP contribution in [0.5, 0.6) is 5.75 Å². The second kappa shape index (κ2) is 5.77. The Labute approximate surface area is 106 Å². The number of carbonyl (C=O) groups is 2. The lowest BCUT2D eigenvalue weighted by atomic mass is 10.1. The van der Waals surface area contributed by atoms with E-state index in [0.717, 1.165) is 13.2 Å². The van der Waals surface area contributed by atoms with Crippen LogP contribution in [-0.2, 0) is 9.53 Å². The second-order valence-electron chi connectivity index (χ2n) is 3.12. The SMILES string of the molecule is CCOC(=O)C(=O)c1cc(Cl)c(OC)c(F)c1F. The van der Waals surface area contributed by atoms with Gasteiger partial charge < -0.3 is 9.47 Å². The first-order valence-electron chi connectivity index (χ1n) is 4.86. The van der Waals surface area contributed by atoms with Crippen LogP contribution in [0.1, 0.15) is 17.3 Å². The molecule has 1 aromatic rings. The van der Waals surface area contributed by atoms with Crippen LogP contribution in [0.4, 0.5) is 8.78 Å². The summed E-state index contributed by atoms with van der Waals surface area (Å²) in [5.74, 6) is -6.06. The van der Waals surface area contributed by atoms with Crippen molar-refractivity contribution in [3.8, 4) is 5.75 Å². The molecule has 0 bridgehead atoms. The summed E-state index contributed by atoms with van der Waals surface area (Å²) in [6.45, 7) is 1.42. The molecule has 7 heteroatoms. The number of ether oxygens (including phenoxy) is 2. The van der Waals surface area contributed by atoms with Crippen LogP contribution in [0.2, 0.25) is 5.02 Å². The van der Waals surface area contributed by atoms with Gasteiger partial charge >= 0.3 is 5.97 Å². The quantitative estimate of drug-likeness (QED) is 0.367. The highest BCUT2D eigenvalue weighted by Crippen LogP contribution is 2.31. The van der Waals surface area contributed by atoms with E-state index in [1.807, 2.05) is 0 Å². The zero-order chi connectivity index (χ0) is 13.9. The molecule has 0 aliphatic heterocycles. The molecule has 0 unspecified atom stereocenters. The zero-order valence-electron chi connectivity index (χ0n) is 9.55. The highest BCUT2D eigenvalue weighted by molar-refractivity contribution is 6.41. The molecule has 0 spiro atoms. The Bertz CT molecular complexity index is 502. The lowest BCUT2D eigenvalue weighted by molar-refractivity contribution is -0.137. The zero-order valence-corrected chi connectivity index (χ0v) is 10.3. The van der Waals surface area contributed by atoms with Crippen LogP contribution >= 0.6 is 11.6 Å². The highest BCUT2D eigenvalue weighted by Gasteiger charge is 2.27. The molecule has 0 fully saturated rings. The fraction of sp³-hybridized carbons (Fsp3) is 0.273. The van der Waals surface area contributed by atoms with Crippen molar-refractivity contribution in [1.82, 2.24) is 0 Å². The Balaban J connectivity index is 3.27. The van der Waals surface area contributed by atoms with E-state index in [2.05, 4.69) is 9.47 Å². The average Bonchev–Trinajstić information content (AvgIpc) is 2.34. The van der Waals surface area contributed by atoms with Crippen LogP contribution < -0.4 is 4.74 Å². The number of carbonyl (C=O) groups excluding carboxylic acids is 2. The number of Topliss-reactive ketones (excluding diaryl/α,β-unsaturated/α-hetero) is 1. The van der Waals surface area contributed by atoms with Gasteiger partial charge in [0.15, 0.2) is 11.6 Å². The van der Waals surface area contributed by atoms with Gasteiger partial charge in [0.1, 0.15) is 0 Å². The standard InChI is InChI=1S/C11H9ClF2O4/c1-3-18-11(16)9(15)5-4-6(12)10(17-2)8(14)7(5)13/h4H,3H2,1-2H3. The fourth-order valence-corrected chi connectivity index (χ4v) is 1.51. The van der Waals surface area contributed by atoms with Crippen molar-refractivity contribution in [2.75, 3.05) is 13.7 Å². The fourth-order valence-electron chi connectivity index (χ4n) is 1.24. The second-order valence-corrected chi connectivity index (χ2v) is 3.52. The maximum Gasteiger partial charge on any atom is 0.379 e. The lowest BCUT2D eigenvalue weighted by Gasteiger charge is -2.08. The minimum Gasteiger partial charge on any atom is -0.492 e. The molecule has 1 aromatic carbocycles. The molecule has 0 N–H and O–H groups in total. The summed E-state index contributed by atoms with van der Waals surface area (Å²) >= 11 is 5.60. The van der Waals surface area contributed by atoms with Gasteiger partial charge in [0.2, 0.25) is 5.82 Å². The topological polar surface area (TPSA) is 52.6 Å². The van der Waals surface area contributed by atoms with Gasteiger partial charge in [0, 0.05) is 0 Å². The Morgan fingerprint density at radius 3 is 2.44 bits per heavy atom. The molecule has 98 valence electrons. The molecular formula is C11H9ClF2O4. The van der Waals surface area contributed by atoms with Crippen molar-refractivity contribution < 1.29 is 27.8 Å². The summed E-state index contributed by atoms with van der Waals surface area (Å²) in [5, 5.41) is -0.316. The Hall–Kier alpha value is -1.69. The van der Waals surface area contributed by atoms with E-state index in [9.17, 15) is 18.4 Å². The predicted molar refractivity (Wildman–Crippen MR) is 58.9 cm³/mol. The van der Waals surface area contributed by atoms with Crippen LogP contribution in [-0.4, -0.2) is 25.5 Å². The average molecular weight is 279 g/mol. The number of esters is 1. The van der Waals surface area contributed by atoms with E-state index in [0.29, 0.717) is 0 Å². The van der Waals surface area contributed by atoms with Crippen LogP contribution in [0.15, 0.2) is 6.07 Å². The summed E-state index contributed by atoms with van der Waals surface area (Å²) in [6.07, 6.45) is 0. The first-order valence-corrected chi connectivity index (χ1v) is 5.24. The molecular weight excluding hydrogens is 270 g/mol. The maximum atomic E-state index is 13.5. The molecule has 1 rings (SSSR count). The Morgan fingerprint density at radius 1 is 1.33 bits per heavy atom. The van der Waals surface area contributed by atoms with Crippen LogP contribution in [0, 0.1) is 11.6 Å². The van der Waals surface area contributed by atoms with E-state index in [-0.39, 0.29) is 11.6 Å². The number of hydrogen-bond donors (Lipinski definition) is 0. The Morgan fingerprint density at radius 2 is 1.94 bits per heavy atom. The molecule has 0 aliphatic carbocycles. The van der Waals surface area contributed by atoms with Crippen molar-refractivity contribution in [3.63, 3.8) is 0 Å². The third kappa shape index (κ3) is 2.59. The van der Waals surface area contributed by atoms with Gasteiger partial charge in [-0.1, -0.05) is 11.6 Å². The third-order valence-corrected chi connectivity index (χ3v) is 2.31. The molecule has 0 aromatic heterocycles. The van der Waals surface area contributed by atoms with Gasteiger partial charge in [-0.15, -0.1) is 0 Å². The third-order valence-electron chi connectivity index (χ3n) is 2.03. The molecule has 0 saturated heterocycles. The van der Waals surface area contributed by atoms with E-state index < -0.39 is 34.7 Å². The highest BCUT2D eigenvalue weighted by atomic mass is 35.5. The monoisotopic (exact) mass is 278 g/mol. The van der Waals surface area contributed by atoms with Crippen molar-refractivity contribution >= 4 is 23.4 Å². The summed E-state index contributed by atoms with van der Waals surface area (Å²) in [4.78, 5) is 22.6. The van der Waals surface area contributed by atoms with Gasteiger partial charge in [0.25, 0.3) is 5.78 Å². The molecule has 4 nitrogen and oxygen atoms in total. The summed E-state index contributed by atoms with van der Waals surface area (Å²) in [6, 6.07) is 0.818. The van der Waals surface area contributed by atoms with Crippen molar-refractivity contribution in [3.05, 3.63) is 28.3 Å². The number of rotatable bonds is 4. The van der Waals surface area contributed by atoms with Crippen molar-refractivity contribution in [2.24, 2.45) is 0 Å². The number of benzene rings is 1. The normalized spacial score (nSPS) is 10.1. The maximum absolute atomic E-state index is 13.5. The molecule has 0 atom stereocenters. The van der Waals surface area contributed by atoms with Crippen LogP contribution in [0.25, 0.3) is 0 Å². The van der Waals surface area contributed by atoms with Crippen molar-refractivity contribution in [2.45, 2.75) is 6.92 Å². The number of hydrogen-bond acceptors (Lipinski definition) is 4. The van der Waals surface area contributed by atoms with Gasteiger partial charge in [-0.25, -0.2) is 9.18 Å². The van der Waals surface area contributed by atoms with E-state index >= 15 is 0 Å².